The average Bonchev–Trinajstić information content (AvgIpc) is 2.37. The summed E-state index contributed by atoms with van der Waals surface area (Å²) < 4.78 is 1.20. The second-order valence-electron chi connectivity index (χ2n) is 7.12. The lowest BCUT2D eigenvalue weighted by atomic mass is 9.54. The fourth-order valence-corrected chi connectivity index (χ4v) is 5.22. The van der Waals surface area contributed by atoms with Crippen LogP contribution in [0.1, 0.15) is 57.9 Å². The van der Waals surface area contributed by atoms with Crippen LogP contribution in [0, 0.1) is 17.8 Å². The third kappa shape index (κ3) is 2.63. The van der Waals surface area contributed by atoms with Gasteiger partial charge in [0.15, 0.2) is 0 Å². The highest BCUT2D eigenvalue weighted by atomic mass is 79.9. The van der Waals surface area contributed by atoms with Crippen molar-refractivity contribution in [2.24, 2.45) is 17.8 Å². The lowest BCUT2D eigenvalue weighted by molar-refractivity contribution is 0.0702. The van der Waals surface area contributed by atoms with Gasteiger partial charge in [-0.25, -0.2) is 0 Å². The van der Waals surface area contributed by atoms with Crippen LogP contribution in [0.5, 0.6) is 0 Å². The lowest BCUT2D eigenvalue weighted by Crippen LogP contribution is -2.42. The van der Waals surface area contributed by atoms with Gasteiger partial charge in [-0.05, 0) is 73.0 Å². The summed E-state index contributed by atoms with van der Waals surface area (Å²) in [5.41, 5.74) is 2.09. The molecular weight excluding hydrogens is 296 g/mol. The van der Waals surface area contributed by atoms with E-state index < -0.39 is 0 Å². The molecule has 2 aliphatic rings. The van der Waals surface area contributed by atoms with Crippen LogP contribution in [0.25, 0.3) is 0 Å². The van der Waals surface area contributed by atoms with Gasteiger partial charge in [-0.3, -0.25) is 0 Å². The molecule has 104 valence electrons. The van der Waals surface area contributed by atoms with Gasteiger partial charge in [-0.1, -0.05) is 48.3 Å². The molecule has 0 amide bonds. The second-order valence-corrected chi connectivity index (χ2v) is 8.03. The molecule has 4 unspecified atom stereocenters. The Hall–Kier alpha value is -0.300. The number of fused-ring (bicyclic) bond motifs is 2. The highest BCUT2D eigenvalue weighted by Gasteiger charge is 2.45. The Morgan fingerprint density at radius 3 is 2.53 bits per heavy atom. The predicted octanol–water partition coefficient (Wildman–Crippen LogP) is 5.94. The standard InChI is InChI=1S/C18H25Br/c1-3-14-9-15-8-13(2)10-18(11-14,12-15)16-4-6-17(19)7-5-16/h4-7,13-15H,3,8-12H2,1-2H3. The summed E-state index contributed by atoms with van der Waals surface area (Å²) in [5.74, 6) is 2.83. The lowest BCUT2D eigenvalue weighted by Gasteiger charge is -2.51. The van der Waals surface area contributed by atoms with Crippen LogP contribution in [0.3, 0.4) is 0 Å². The van der Waals surface area contributed by atoms with E-state index in [1.807, 2.05) is 0 Å². The summed E-state index contributed by atoms with van der Waals surface area (Å²) in [6.45, 7) is 4.84. The highest BCUT2D eigenvalue weighted by molar-refractivity contribution is 9.10. The Bertz CT molecular complexity index is 432. The van der Waals surface area contributed by atoms with Crippen molar-refractivity contribution in [3.8, 4) is 0 Å². The molecule has 1 aromatic rings. The van der Waals surface area contributed by atoms with Gasteiger partial charge in [-0.2, -0.15) is 0 Å². The number of rotatable bonds is 2. The Balaban J connectivity index is 1.95. The minimum Gasteiger partial charge on any atom is -0.0651 e. The van der Waals surface area contributed by atoms with Crippen molar-refractivity contribution in [2.75, 3.05) is 0 Å². The summed E-state index contributed by atoms with van der Waals surface area (Å²) in [4.78, 5) is 0. The van der Waals surface area contributed by atoms with E-state index in [0.717, 1.165) is 17.8 Å². The van der Waals surface area contributed by atoms with E-state index in [-0.39, 0.29) is 0 Å². The highest BCUT2D eigenvalue weighted by Crippen LogP contribution is 2.54. The first-order valence-electron chi connectivity index (χ1n) is 7.87. The van der Waals surface area contributed by atoms with Gasteiger partial charge < -0.3 is 0 Å². The molecule has 4 atom stereocenters. The molecule has 1 heteroatoms. The molecule has 0 aromatic heterocycles. The summed E-state index contributed by atoms with van der Waals surface area (Å²) in [7, 11) is 0. The number of halogens is 1. The van der Waals surface area contributed by atoms with E-state index in [9.17, 15) is 0 Å². The summed E-state index contributed by atoms with van der Waals surface area (Å²) in [5, 5.41) is 0. The largest absolute Gasteiger partial charge is 0.0651 e. The van der Waals surface area contributed by atoms with Gasteiger partial charge in [-0.15, -0.1) is 0 Å². The van der Waals surface area contributed by atoms with Crippen molar-refractivity contribution in [3.05, 3.63) is 34.3 Å². The molecule has 2 aliphatic carbocycles. The fourth-order valence-electron chi connectivity index (χ4n) is 4.96. The van der Waals surface area contributed by atoms with Crippen LogP contribution in [0.15, 0.2) is 28.7 Å². The van der Waals surface area contributed by atoms with Gasteiger partial charge >= 0.3 is 0 Å². The van der Waals surface area contributed by atoms with Crippen LogP contribution < -0.4 is 0 Å². The maximum absolute atomic E-state index is 3.57. The van der Waals surface area contributed by atoms with Gasteiger partial charge in [0.05, 0.1) is 0 Å². The number of hydrogen-bond acceptors (Lipinski definition) is 0. The Labute approximate surface area is 126 Å². The smallest absolute Gasteiger partial charge is 0.0175 e. The molecule has 0 aliphatic heterocycles. The van der Waals surface area contributed by atoms with E-state index in [4.69, 9.17) is 0 Å². The predicted molar refractivity (Wildman–Crippen MR) is 85.3 cm³/mol. The van der Waals surface area contributed by atoms with Gasteiger partial charge in [0.25, 0.3) is 0 Å². The van der Waals surface area contributed by atoms with Crippen molar-refractivity contribution >= 4 is 15.9 Å². The quantitative estimate of drug-likeness (QED) is 0.632. The van der Waals surface area contributed by atoms with Crippen LogP contribution in [-0.2, 0) is 5.41 Å². The van der Waals surface area contributed by atoms with Crippen molar-refractivity contribution < 1.29 is 0 Å². The molecule has 0 radical (unpaired) electrons. The Morgan fingerprint density at radius 2 is 1.84 bits per heavy atom. The molecule has 2 saturated carbocycles. The molecular formula is C18H25Br. The summed E-state index contributed by atoms with van der Waals surface area (Å²) in [6, 6.07) is 9.20. The zero-order valence-electron chi connectivity index (χ0n) is 12.2. The average molecular weight is 321 g/mol. The van der Waals surface area contributed by atoms with Crippen LogP contribution in [0.4, 0.5) is 0 Å². The van der Waals surface area contributed by atoms with Crippen LogP contribution in [-0.4, -0.2) is 0 Å². The molecule has 0 N–H and O–H groups in total. The SMILES string of the molecule is CCC1CC2CC(C)CC(c3ccc(Br)cc3)(C1)C2. The molecule has 1 aromatic carbocycles. The molecule has 19 heavy (non-hydrogen) atoms. The molecule has 2 bridgehead atoms. The van der Waals surface area contributed by atoms with E-state index >= 15 is 0 Å². The minimum atomic E-state index is 0.488. The van der Waals surface area contributed by atoms with E-state index in [1.165, 1.54) is 43.0 Å². The van der Waals surface area contributed by atoms with Crippen LogP contribution >= 0.6 is 15.9 Å². The molecule has 3 rings (SSSR count). The zero-order chi connectivity index (χ0) is 13.5. The Morgan fingerprint density at radius 1 is 1.11 bits per heavy atom. The minimum absolute atomic E-state index is 0.488. The van der Waals surface area contributed by atoms with E-state index in [0.29, 0.717) is 5.41 Å². The van der Waals surface area contributed by atoms with Gasteiger partial charge in [0, 0.05) is 4.47 Å². The topological polar surface area (TPSA) is 0 Å². The summed E-state index contributed by atoms with van der Waals surface area (Å²) in [6.07, 6.45) is 8.58. The molecule has 2 fully saturated rings. The van der Waals surface area contributed by atoms with Gasteiger partial charge in [0.1, 0.15) is 0 Å². The Kier molecular flexibility index (Phi) is 3.77. The van der Waals surface area contributed by atoms with Crippen molar-refractivity contribution in [2.45, 2.75) is 57.8 Å². The second kappa shape index (κ2) is 5.24. The van der Waals surface area contributed by atoms with Crippen molar-refractivity contribution in [3.63, 3.8) is 0 Å². The fraction of sp³-hybridized carbons (Fsp3) is 0.667. The molecule has 0 nitrogen and oxygen atoms in total. The van der Waals surface area contributed by atoms with Gasteiger partial charge in [0.2, 0.25) is 0 Å². The number of hydrogen-bond donors (Lipinski definition) is 0. The zero-order valence-corrected chi connectivity index (χ0v) is 13.7. The molecule has 0 saturated heterocycles. The van der Waals surface area contributed by atoms with Crippen molar-refractivity contribution in [1.82, 2.24) is 0 Å². The first kappa shape index (κ1) is 13.7. The maximum Gasteiger partial charge on any atom is 0.0175 e. The van der Waals surface area contributed by atoms with E-state index in [2.05, 4.69) is 54.0 Å². The first-order chi connectivity index (χ1) is 9.11. The van der Waals surface area contributed by atoms with E-state index in [1.54, 1.807) is 5.56 Å². The normalized spacial score (nSPS) is 38.2. The molecule has 0 heterocycles. The van der Waals surface area contributed by atoms with Crippen molar-refractivity contribution in [1.29, 1.82) is 0 Å². The third-order valence-corrected chi connectivity index (χ3v) is 6.06. The monoisotopic (exact) mass is 320 g/mol. The molecule has 0 spiro atoms. The third-order valence-electron chi connectivity index (χ3n) is 5.53. The first-order valence-corrected chi connectivity index (χ1v) is 8.66. The summed E-state index contributed by atoms with van der Waals surface area (Å²) >= 11 is 3.57. The van der Waals surface area contributed by atoms with Crippen LogP contribution in [0.2, 0.25) is 0 Å². The maximum atomic E-state index is 3.57. The number of benzene rings is 1.